The van der Waals surface area contributed by atoms with Crippen molar-refractivity contribution in [3.8, 4) is 22.7 Å². The van der Waals surface area contributed by atoms with Crippen molar-refractivity contribution >= 4 is 40.9 Å². The second-order valence-corrected chi connectivity index (χ2v) is 14.5. The fraction of sp³-hybridized carbons (Fsp3) is 0.381. The van der Waals surface area contributed by atoms with Gasteiger partial charge in [0.2, 0.25) is 0 Å². The summed E-state index contributed by atoms with van der Waals surface area (Å²) in [6.45, 7) is 13.5. The molecule has 3 aromatic heterocycles. The number of nitrogens with two attached hydrogens (primary N) is 1. The van der Waals surface area contributed by atoms with Crippen LogP contribution in [0.1, 0.15) is 32.0 Å². The van der Waals surface area contributed by atoms with Gasteiger partial charge in [-0.05, 0) is 39.5 Å². The predicted octanol–water partition coefficient (Wildman–Crippen LogP) is 5.08. The van der Waals surface area contributed by atoms with Gasteiger partial charge in [-0.2, -0.15) is 0 Å². The Hall–Kier alpha value is -2.17. The van der Waals surface area contributed by atoms with Crippen LogP contribution >= 0.6 is 15.9 Å². The number of anilines is 1. The molecule has 0 amide bonds. The van der Waals surface area contributed by atoms with E-state index in [4.69, 9.17) is 5.73 Å². The van der Waals surface area contributed by atoms with Crippen molar-refractivity contribution in [3.63, 3.8) is 0 Å². The molecule has 0 unspecified atom stereocenters. The van der Waals surface area contributed by atoms with Crippen molar-refractivity contribution in [2.24, 2.45) is 7.05 Å². The summed E-state index contributed by atoms with van der Waals surface area (Å²) in [5.74, 6) is 3.78. The van der Waals surface area contributed by atoms with Crippen LogP contribution in [0.4, 0.5) is 5.82 Å². The summed E-state index contributed by atoms with van der Waals surface area (Å²) in [5.41, 5.74) is 14.3. The number of pyridine rings is 1. The number of nitrogen functional groups attached to an aromatic ring is 1. The van der Waals surface area contributed by atoms with E-state index in [0.717, 1.165) is 38.0 Å². The molecule has 7 heteroatoms. The molecular formula is C21H26BrN5Si. The molecule has 0 aliphatic carbocycles. The molecule has 28 heavy (non-hydrogen) atoms. The highest BCUT2D eigenvalue weighted by molar-refractivity contribution is 9.10. The summed E-state index contributed by atoms with van der Waals surface area (Å²) in [5, 5.41) is 1.05. The van der Waals surface area contributed by atoms with Gasteiger partial charge in [-0.3, -0.25) is 0 Å². The van der Waals surface area contributed by atoms with Crippen LogP contribution in [0.25, 0.3) is 22.3 Å². The first-order valence-corrected chi connectivity index (χ1v) is 13.0. The van der Waals surface area contributed by atoms with E-state index in [-0.39, 0.29) is 5.04 Å². The molecule has 0 fully saturated rings. The third-order valence-electron chi connectivity index (χ3n) is 5.68. The highest BCUT2D eigenvalue weighted by Crippen LogP contribution is 2.39. The minimum Gasteiger partial charge on any atom is -0.383 e. The van der Waals surface area contributed by atoms with Gasteiger partial charge in [0.05, 0.1) is 15.6 Å². The zero-order chi connectivity index (χ0) is 20.9. The van der Waals surface area contributed by atoms with E-state index in [0.29, 0.717) is 5.82 Å². The lowest BCUT2D eigenvalue weighted by Gasteiger charge is -2.31. The average Bonchev–Trinajstić information content (AvgIpc) is 2.85. The monoisotopic (exact) mass is 455 g/mol. The van der Waals surface area contributed by atoms with Crippen molar-refractivity contribution in [3.05, 3.63) is 34.3 Å². The van der Waals surface area contributed by atoms with Crippen molar-refractivity contribution in [2.75, 3.05) is 5.73 Å². The maximum Gasteiger partial charge on any atom is 0.146 e. The highest BCUT2D eigenvalue weighted by Gasteiger charge is 2.33. The minimum atomic E-state index is -1.67. The molecule has 0 saturated carbocycles. The molecular weight excluding hydrogens is 430 g/mol. The Labute approximate surface area is 175 Å². The molecule has 0 atom stereocenters. The maximum absolute atomic E-state index is 6.07. The topological polar surface area (TPSA) is 69.6 Å². The predicted molar refractivity (Wildman–Crippen MR) is 123 cm³/mol. The van der Waals surface area contributed by atoms with E-state index >= 15 is 0 Å². The van der Waals surface area contributed by atoms with Crippen molar-refractivity contribution < 1.29 is 0 Å². The standard InChI is InChI=1S/C21H26BrN5Si/c1-13-10-14(8-9-28(6,7)21(2,3)4)24-11-15(13)18-17(22)16-19(23)25-12-26-20(16)27(18)5/h10-12H,1-7H3,(H2,23,25,26). The highest BCUT2D eigenvalue weighted by atomic mass is 79.9. The van der Waals surface area contributed by atoms with E-state index in [9.17, 15) is 0 Å². The first kappa shape index (κ1) is 20.6. The fourth-order valence-electron chi connectivity index (χ4n) is 2.80. The molecule has 3 aromatic rings. The number of aromatic nitrogens is 4. The Kier molecular flexibility index (Phi) is 5.15. The van der Waals surface area contributed by atoms with Crippen LogP contribution in [0, 0.1) is 18.4 Å². The third kappa shape index (κ3) is 3.47. The van der Waals surface area contributed by atoms with Crippen LogP contribution in [0.5, 0.6) is 0 Å². The van der Waals surface area contributed by atoms with E-state index in [1.165, 1.54) is 6.33 Å². The summed E-state index contributed by atoms with van der Waals surface area (Å²) < 4.78 is 2.90. The Morgan fingerprint density at radius 1 is 1.18 bits per heavy atom. The van der Waals surface area contributed by atoms with Gasteiger partial charge in [0, 0.05) is 18.8 Å². The molecule has 5 nitrogen and oxygen atoms in total. The minimum absolute atomic E-state index is 0.226. The first-order valence-electron chi connectivity index (χ1n) is 9.18. The Morgan fingerprint density at radius 2 is 1.86 bits per heavy atom. The average molecular weight is 456 g/mol. The second-order valence-electron chi connectivity index (χ2n) is 8.69. The van der Waals surface area contributed by atoms with Crippen LogP contribution in [0.3, 0.4) is 0 Å². The van der Waals surface area contributed by atoms with Gasteiger partial charge in [-0.1, -0.05) is 39.8 Å². The van der Waals surface area contributed by atoms with Gasteiger partial charge in [0.1, 0.15) is 31.6 Å². The maximum atomic E-state index is 6.07. The molecule has 0 spiro atoms. The molecule has 0 radical (unpaired) electrons. The molecule has 0 bridgehead atoms. The van der Waals surface area contributed by atoms with Gasteiger partial charge in [0.25, 0.3) is 0 Å². The molecule has 146 valence electrons. The Morgan fingerprint density at radius 3 is 2.43 bits per heavy atom. The van der Waals surface area contributed by atoms with Crippen molar-refractivity contribution in [2.45, 2.75) is 45.8 Å². The molecule has 3 heterocycles. The summed E-state index contributed by atoms with van der Waals surface area (Å²) >= 11 is 3.69. The van der Waals surface area contributed by atoms with Crippen LogP contribution in [0.15, 0.2) is 23.1 Å². The normalized spacial score (nSPS) is 12.1. The van der Waals surface area contributed by atoms with E-state index < -0.39 is 8.07 Å². The largest absolute Gasteiger partial charge is 0.383 e. The van der Waals surface area contributed by atoms with E-state index in [1.54, 1.807) is 0 Å². The van der Waals surface area contributed by atoms with Crippen molar-refractivity contribution in [1.29, 1.82) is 0 Å². The molecule has 0 aliphatic rings. The molecule has 3 rings (SSSR count). The first-order chi connectivity index (χ1) is 12.9. The zero-order valence-electron chi connectivity index (χ0n) is 17.5. The number of rotatable bonds is 1. The summed E-state index contributed by atoms with van der Waals surface area (Å²) in [6, 6.07) is 2.05. The SMILES string of the molecule is Cc1cc(C#C[Si](C)(C)C(C)(C)C)ncc1-c1c(Br)c2c(N)ncnc2n1C. The molecule has 0 saturated heterocycles. The summed E-state index contributed by atoms with van der Waals surface area (Å²) in [4.78, 5) is 13.1. The quantitative estimate of drug-likeness (QED) is 0.410. The smallest absolute Gasteiger partial charge is 0.146 e. The van der Waals surface area contributed by atoms with Gasteiger partial charge < -0.3 is 10.3 Å². The Balaban J connectivity index is 2.09. The second kappa shape index (κ2) is 7.01. The van der Waals surface area contributed by atoms with Crippen LogP contribution in [-0.4, -0.2) is 27.6 Å². The van der Waals surface area contributed by atoms with E-state index in [2.05, 4.69) is 89.2 Å². The van der Waals surface area contributed by atoms with Gasteiger partial charge in [-0.25, -0.2) is 15.0 Å². The molecule has 2 N–H and O–H groups in total. The number of fused-ring (bicyclic) bond motifs is 1. The third-order valence-corrected chi connectivity index (χ3v) is 11.0. The van der Waals surface area contributed by atoms with Gasteiger partial charge >= 0.3 is 0 Å². The molecule has 0 aromatic carbocycles. The fourth-order valence-corrected chi connectivity index (χ4v) is 4.48. The number of hydrogen-bond donors (Lipinski definition) is 1. The molecule has 0 aliphatic heterocycles. The van der Waals surface area contributed by atoms with Crippen LogP contribution in [-0.2, 0) is 7.05 Å². The number of halogens is 1. The van der Waals surface area contributed by atoms with Crippen LogP contribution in [0.2, 0.25) is 18.1 Å². The van der Waals surface area contributed by atoms with Gasteiger partial charge in [-0.15, -0.1) is 5.54 Å². The number of aryl methyl sites for hydroxylation is 2. The van der Waals surface area contributed by atoms with Gasteiger partial charge in [0.15, 0.2) is 0 Å². The summed E-state index contributed by atoms with van der Waals surface area (Å²) in [7, 11) is 0.301. The zero-order valence-corrected chi connectivity index (χ0v) is 20.1. The van der Waals surface area contributed by atoms with E-state index in [1.807, 2.05) is 17.8 Å². The number of hydrogen-bond acceptors (Lipinski definition) is 4. The Bertz CT molecular complexity index is 1130. The van der Waals surface area contributed by atoms with Crippen molar-refractivity contribution in [1.82, 2.24) is 19.5 Å². The summed E-state index contributed by atoms with van der Waals surface area (Å²) in [6.07, 6.45) is 3.37. The number of nitrogens with zero attached hydrogens (tertiary/aromatic N) is 4. The lowest BCUT2D eigenvalue weighted by atomic mass is 10.1. The lowest BCUT2D eigenvalue weighted by molar-refractivity contribution is 0.731. The lowest BCUT2D eigenvalue weighted by Crippen LogP contribution is -2.35. The van der Waals surface area contributed by atoms with Crippen LogP contribution < -0.4 is 5.73 Å².